The maximum absolute atomic E-state index is 13.0. The Balaban J connectivity index is 1.44. The lowest BCUT2D eigenvalue weighted by Crippen LogP contribution is -2.59. The van der Waals surface area contributed by atoms with E-state index in [0.717, 1.165) is 23.8 Å². The highest BCUT2D eigenvalue weighted by Crippen LogP contribution is 2.33. The Bertz CT molecular complexity index is 888. The fourth-order valence-corrected chi connectivity index (χ4v) is 5.23. The number of halogens is 1. The van der Waals surface area contributed by atoms with Crippen molar-refractivity contribution in [3.63, 3.8) is 0 Å². The third-order valence-electron chi connectivity index (χ3n) is 5.43. The molecule has 0 aliphatic carbocycles. The second-order valence-electron chi connectivity index (χ2n) is 7.23. The summed E-state index contributed by atoms with van der Waals surface area (Å²) in [4.78, 5) is 23.1. The summed E-state index contributed by atoms with van der Waals surface area (Å²) in [5.74, 6) is 0.463. The van der Waals surface area contributed by atoms with Crippen LogP contribution >= 0.6 is 22.9 Å². The highest BCUT2D eigenvalue weighted by atomic mass is 35.5. The molecule has 3 heterocycles. The van der Waals surface area contributed by atoms with E-state index in [1.165, 1.54) is 4.88 Å². The van der Waals surface area contributed by atoms with Crippen LogP contribution in [0.1, 0.15) is 32.0 Å². The van der Waals surface area contributed by atoms with Crippen LogP contribution in [0.5, 0.6) is 5.75 Å². The fourth-order valence-electron chi connectivity index (χ4n) is 3.98. The number of benzene rings is 1. The van der Waals surface area contributed by atoms with E-state index in [0.29, 0.717) is 36.0 Å². The van der Waals surface area contributed by atoms with E-state index in [4.69, 9.17) is 21.1 Å². The van der Waals surface area contributed by atoms with Crippen LogP contribution in [0.2, 0.25) is 5.02 Å². The zero-order valence-corrected chi connectivity index (χ0v) is 17.8. The first kappa shape index (κ1) is 19.6. The van der Waals surface area contributed by atoms with Gasteiger partial charge in [0.1, 0.15) is 11.9 Å². The number of amides is 1. The van der Waals surface area contributed by atoms with E-state index >= 15 is 0 Å². The predicted octanol–water partition coefficient (Wildman–Crippen LogP) is 3.32. The van der Waals surface area contributed by atoms with Crippen LogP contribution in [0.15, 0.2) is 18.2 Å². The Labute approximate surface area is 174 Å². The molecule has 28 heavy (non-hydrogen) atoms. The fraction of sp³-hybridized carbons (Fsp3) is 0.500. The highest BCUT2D eigenvalue weighted by Gasteiger charge is 2.37. The third-order valence-corrected chi connectivity index (χ3v) is 6.98. The molecule has 1 aromatic heterocycles. The molecule has 8 heteroatoms. The number of carbonyl (C=O) groups is 1. The normalized spacial score (nSPS) is 22.8. The molecule has 2 atom stereocenters. The van der Waals surface area contributed by atoms with Crippen LogP contribution in [-0.2, 0) is 4.74 Å². The summed E-state index contributed by atoms with van der Waals surface area (Å²) >= 11 is 8.07. The summed E-state index contributed by atoms with van der Waals surface area (Å²) < 4.78 is 11.4. The average Bonchev–Trinajstić information content (AvgIpc) is 3.05. The maximum atomic E-state index is 13.0. The number of hydrogen-bond acceptors (Lipinski definition) is 6. The molecule has 2 aromatic rings. The molecule has 0 N–H and O–H groups in total. The highest BCUT2D eigenvalue weighted by molar-refractivity contribution is 7.11. The molecular formula is C20H24ClN3O3S. The van der Waals surface area contributed by atoms with Crippen LogP contribution in [0.4, 0.5) is 0 Å². The molecule has 1 amide bonds. The van der Waals surface area contributed by atoms with Gasteiger partial charge < -0.3 is 14.4 Å². The summed E-state index contributed by atoms with van der Waals surface area (Å²) in [5, 5.41) is 1.44. The molecule has 0 bridgehead atoms. The van der Waals surface area contributed by atoms with E-state index in [1.807, 2.05) is 18.7 Å². The molecule has 2 saturated heterocycles. The number of rotatable bonds is 3. The zero-order valence-electron chi connectivity index (χ0n) is 16.3. The van der Waals surface area contributed by atoms with Gasteiger partial charge in [-0.25, -0.2) is 4.98 Å². The van der Waals surface area contributed by atoms with Crippen molar-refractivity contribution >= 4 is 28.8 Å². The summed E-state index contributed by atoms with van der Waals surface area (Å²) in [5.41, 5.74) is 1.55. The average molecular weight is 422 g/mol. The van der Waals surface area contributed by atoms with Crippen molar-refractivity contribution in [1.29, 1.82) is 0 Å². The second kappa shape index (κ2) is 7.99. The Morgan fingerprint density at radius 3 is 2.86 bits per heavy atom. The van der Waals surface area contributed by atoms with Gasteiger partial charge in [-0.2, -0.15) is 0 Å². The Morgan fingerprint density at radius 1 is 1.32 bits per heavy atom. The van der Waals surface area contributed by atoms with Gasteiger partial charge in [-0.05, 0) is 26.0 Å². The number of aryl methyl sites for hydroxylation is 2. The lowest BCUT2D eigenvalue weighted by molar-refractivity contribution is -0.0847. The summed E-state index contributed by atoms with van der Waals surface area (Å²) in [6, 6.07) is 5.51. The van der Waals surface area contributed by atoms with Gasteiger partial charge in [-0.1, -0.05) is 17.7 Å². The number of ether oxygens (including phenoxy) is 2. The van der Waals surface area contributed by atoms with E-state index in [-0.39, 0.29) is 18.1 Å². The first-order valence-corrected chi connectivity index (χ1v) is 10.6. The standard InChI is InChI=1S/C20H24ClN3O3S/c1-12-19(28-13(2)22-12)17-10-23-7-8-24(9-14(23)11-27-17)20(25)15-5-4-6-16(26-3)18(15)21/h4-6,14,17H,7-11H2,1-3H3/t14-,17-/m1/s1. The van der Waals surface area contributed by atoms with E-state index in [9.17, 15) is 4.79 Å². The molecular weight excluding hydrogens is 398 g/mol. The van der Waals surface area contributed by atoms with Crippen molar-refractivity contribution in [3.05, 3.63) is 44.4 Å². The molecule has 0 saturated carbocycles. The minimum atomic E-state index is -0.0559. The van der Waals surface area contributed by atoms with Crippen molar-refractivity contribution in [2.75, 3.05) is 39.9 Å². The summed E-state index contributed by atoms with van der Waals surface area (Å²) in [6.45, 7) is 7.67. The van der Waals surface area contributed by atoms with Gasteiger partial charge in [0.25, 0.3) is 5.91 Å². The van der Waals surface area contributed by atoms with Gasteiger partial charge >= 0.3 is 0 Å². The number of aromatic nitrogens is 1. The van der Waals surface area contributed by atoms with Gasteiger partial charge in [-0.3, -0.25) is 9.69 Å². The van der Waals surface area contributed by atoms with Crippen LogP contribution in [0, 0.1) is 13.8 Å². The number of nitrogens with zero attached hydrogens (tertiary/aromatic N) is 3. The lowest BCUT2D eigenvalue weighted by atomic mass is 10.1. The number of morpholine rings is 1. The maximum Gasteiger partial charge on any atom is 0.255 e. The Kier molecular flexibility index (Phi) is 5.60. The largest absolute Gasteiger partial charge is 0.495 e. The monoisotopic (exact) mass is 421 g/mol. The van der Waals surface area contributed by atoms with E-state index in [2.05, 4.69) is 9.88 Å². The SMILES string of the molecule is COc1cccc(C(=O)N2CCN3C[C@H](c4sc(C)nc4C)OC[C@H]3C2)c1Cl. The van der Waals surface area contributed by atoms with Gasteiger partial charge in [0.05, 0.1) is 45.9 Å². The molecule has 0 radical (unpaired) electrons. The summed E-state index contributed by atoms with van der Waals surface area (Å²) in [7, 11) is 1.55. The van der Waals surface area contributed by atoms with Crippen molar-refractivity contribution in [2.45, 2.75) is 26.0 Å². The number of methoxy groups -OCH3 is 1. The molecule has 2 aliphatic heterocycles. The Hall–Kier alpha value is -1.67. The molecule has 4 rings (SSSR count). The zero-order chi connectivity index (χ0) is 19.8. The van der Waals surface area contributed by atoms with Gasteiger partial charge in [0.15, 0.2) is 0 Å². The second-order valence-corrected chi connectivity index (χ2v) is 8.84. The minimum Gasteiger partial charge on any atom is -0.495 e. The van der Waals surface area contributed by atoms with Crippen LogP contribution in [0.3, 0.4) is 0 Å². The number of fused-ring (bicyclic) bond motifs is 1. The molecule has 0 unspecified atom stereocenters. The van der Waals surface area contributed by atoms with E-state index < -0.39 is 0 Å². The summed E-state index contributed by atoms with van der Waals surface area (Å²) in [6.07, 6.45) is 0.0672. The van der Waals surface area contributed by atoms with Crippen molar-refractivity contribution < 1.29 is 14.3 Å². The van der Waals surface area contributed by atoms with Gasteiger partial charge in [-0.15, -0.1) is 11.3 Å². The lowest BCUT2D eigenvalue weighted by Gasteiger charge is -2.46. The van der Waals surface area contributed by atoms with Crippen molar-refractivity contribution in [3.8, 4) is 5.75 Å². The van der Waals surface area contributed by atoms with Crippen LogP contribution in [-0.4, -0.2) is 66.6 Å². The molecule has 2 aliphatic rings. The molecule has 0 spiro atoms. The van der Waals surface area contributed by atoms with Gasteiger partial charge in [0, 0.05) is 26.2 Å². The first-order chi connectivity index (χ1) is 13.5. The molecule has 2 fully saturated rings. The number of thiazole rings is 1. The van der Waals surface area contributed by atoms with Crippen molar-refractivity contribution in [2.24, 2.45) is 0 Å². The van der Waals surface area contributed by atoms with Gasteiger partial charge in [0.2, 0.25) is 0 Å². The molecule has 6 nitrogen and oxygen atoms in total. The van der Waals surface area contributed by atoms with Crippen molar-refractivity contribution in [1.82, 2.24) is 14.8 Å². The molecule has 150 valence electrons. The quantitative estimate of drug-likeness (QED) is 0.760. The first-order valence-electron chi connectivity index (χ1n) is 9.39. The van der Waals surface area contributed by atoms with Crippen LogP contribution in [0.25, 0.3) is 0 Å². The van der Waals surface area contributed by atoms with E-state index in [1.54, 1.807) is 36.6 Å². The van der Waals surface area contributed by atoms with Crippen LogP contribution < -0.4 is 4.74 Å². The number of piperazine rings is 1. The third kappa shape index (κ3) is 3.64. The topological polar surface area (TPSA) is 54.9 Å². The minimum absolute atomic E-state index is 0.0559. The Morgan fingerprint density at radius 2 is 2.14 bits per heavy atom. The number of hydrogen-bond donors (Lipinski definition) is 0. The number of carbonyl (C=O) groups excluding carboxylic acids is 1. The smallest absolute Gasteiger partial charge is 0.255 e. The molecule has 1 aromatic carbocycles. The predicted molar refractivity (Wildman–Crippen MR) is 110 cm³/mol.